The molecular weight excluding hydrogens is 274 g/mol. The second kappa shape index (κ2) is 10.4. The Morgan fingerprint density at radius 1 is 1.00 bits per heavy atom. The van der Waals surface area contributed by atoms with E-state index in [-0.39, 0.29) is 5.75 Å². The molecule has 0 radical (unpaired) electrons. The van der Waals surface area contributed by atoms with E-state index >= 15 is 0 Å². The summed E-state index contributed by atoms with van der Waals surface area (Å²) in [5, 5.41) is 0. The van der Waals surface area contributed by atoms with E-state index in [1.54, 1.807) is 0 Å². The van der Waals surface area contributed by atoms with Crippen molar-refractivity contribution < 1.29 is 17.5 Å². The first-order valence-electron chi connectivity index (χ1n) is 7.72. The highest BCUT2D eigenvalue weighted by Crippen LogP contribution is 2.09. The molecule has 0 rings (SSSR count). The predicted octanol–water partition coefficient (Wildman–Crippen LogP) is 3.61. The van der Waals surface area contributed by atoms with E-state index < -0.39 is 10.1 Å². The molecule has 0 aromatic rings. The van der Waals surface area contributed by atoms with E-state index in [2.05, 4.69) is 19.2 Å². The fraction of sp³-hybridized carbons (Fsp3) is 0.867. The zero-order valence-electron chi connectivity index (χ0n) is 13.3. The third kappa shape index (κ3) is 14.0. The van der Waals surface area contributed by atoms with Crippen LogP contribution in [0.15, 0.2) is 12.3 Å². The highest BCUT2D eigenvalue weighted by molar-refractivity contribution is 7.85. The summed E-state index contributed by atoms with van der Waals surface area (Å²) in [5.41, 5.74) is 0. The molecule has 0 bridgehead atoms. The maximum Gasteiger partial charge on any atom is 0.265 e. The molecule has 0 fully saturated rings. The molecule has 0 heterocycles. The Morgan fingerprint density at radius 3 is 2.20 bits per heavy atom. The Balaban J connectivity index is 3.70. The molecule has 120 valence electrons. The Morgan fingerprint density at radius 2 is 1.60 bits per heavy atom. The van der Waals surface area contributed by atoms with Gasteiger partial charge in [0, 0.05) is 6.42 Å². The standard InChI is InChI=1S/C15H31NO3S/c1-4-5-6-7-8-9-10-11-13-16(2,3)14-12-15-20(17,18)19/h11,13H,4-10,12,14-15H2,1-3H3/p+1. The van der Waals surface area contributed by atoms with Crippen molar-refractivity contribution in [2.75, 3.05) is 26.4 Å². The molecule has 4 nitrogen and oxygen atoms in total. The van der Waals surface area contributed by atoms with Gasteiger partial charge in [-0.15, -0.1) is 0 Å². The van der Waals surface area contributed by atoms with Crippen LogP contribution in [-0.2, 0) is 10.1 Å². The average Bonchev–Trinajstić information content (AvgIpc) is 2.30. The summed E-state index contributed by atoms with van der Waals surface area (Å²) in [6.07, 6.45) is 13.7. The quantitative estimate of drug-likeness (QED) is 0.340. The fourth-order valence-corrected chi connectivity index (χ4v) is 2.63. The van der Waals surface area contributed by atoms with Gasteiger partial charge in [0.15, 0.2) is 0 Å². The van der Waals surface area contributed by atoms with Gasteiger partial charge in [0.2, 0.25) is 0 Å². The lowest BCUT2D eigenvalue weighted by Gasteiger charge is -2.24. The van der Waals surface area contributed by atoms with Gasteiger partial charge in [0.25, 0.3) is 10.1 Å². The summed E-state index contributed by atoms with van der Waals surface area (Å²) in [5.74, 6) is -0.153. The van der Waals surface area contributed by atoms with Gasteiger partial charge in [-0.3, -0.25) is 4.55 Å². The summed E-state index contributed by atoms with van der Waals surface area (Å²) >= 11 is 0. The second-order valence-corrected chi connectivity index (χ2v) is 7.66. The van der Waals surface area contributed by atoms with Crippen molar-refractivity contribution in [3.63, 3.8) is 0 Å². The molecule has 20 heavy (non-hydrogen) atoms. The molecule has 0 aromatic heterocycles. The zero-order chi connectivity index (χ0) is 15.5. The molecule has 0 aromatic carbocycles. The third-order valence-electron chi connectivity index (χ3n) is 3.37. The number of hydrogen-bond donors (Lipinski definition) is 1. The van der Waals surface area contributed by atoms with Gasteiger partial charge in [0.1, 0.15) is 0 Å². The minimum absolute atomic E-state index is 0.153. The van der Waals surface area contributed by atoms with Crippen molar-refractivity contribution in [3.8, 4) is 0 Å². The number of allylic oxidation sites excluding steroid dienone is 1. The monoisotopic (exact) mass is 306 g/mol. The van der Waals surface area contributed by atoms with Crippen LogP contribution in [0.5, 0.6) is 0 Å². The topological polar surface area (TPSA) is 54.4 Å². The van der Waals surface area contributed by atoms with Crippen LogP contribution in [0, 0.1) is 0 Å². The number of unbranched alkanes of at least 4 members (excludes halogenated alkanes) is 6. The molecule has 0 unspecified atom stereocenters. The molecule has 0 aliphatic heterocycles. The lowest BCUT2D eigenvalue weighted by Crippen LogP contribution is -2.35. The molecule has 0 aliphatic carbocycles. The molecule has 1 N–H and O–H groups in total. The third-order valence-corrected chi connectivity index (χ3v) is 4.17. The largest absolute Gasteiger partial charge is 0.302 e. The van der Waals surface area contributed by atoms with Crippen LogP contribution in [0.2, 0.25) is 0 Å². The Kier molecular flexibility index (Phi) is 10.2. The average molecular weight is 306 g/mol. The van der Waals surface area contributed by atoms with E-state index in [9.17, 15) is 8.42 Å². The first kappa shape index (κ1) is 19.6. The lowest BCUT2D eigenvalue weighted by atomic mass is 10.1. The van der Waals surface area contributed by atoms with Crippen LogP contribution in [-0.4, -0.2) is 43.8 Å². The van der Waals surface area contributed by atoms with Crippen molar-refractivity contribution in [2.45, 2.75) is 58.3 Å². The normalized spacial score (nSPS) is 13.2. The number of nitrogens with zero attached hydrogens (tertiary/aromatic N) is 1. The van der Waals surface area contributed by atoms with Crippen LogP contribution < -0.4 is 0 Å². The molecule has 0 atom stereocenters. The van der Waals surface area contributed by atoms with E-state index in [4.69, 9.17) is 4.55 Å². The van der Waals surface area contributed by atoms with Gasteiger partial charge < -0.3 is 4.48 Å². The van der Waals surface area contributed by atoms with Gasteiger partial charge in [-0.05, 0) is 18.9 Å². The van der Waals surface area contributed by atoms with E-state index in [1.165, 1.54) is 38.5 Å². The Hall–Kier alpha value is -0.390. The summed E-state index contributed by atoms with van der Waals surface area (Å²) in [6.45, 7) is 2.94. The van der Waals surface area contributed by atoms with E-state index in [0.29, 0.717) is 17.4 Å². The number of hydrogen-bond acceptors (Lipinski definition) is 2. The van der Waals surface area contributed by atoms with Crippen molar-refractivity contribution in [1.82, 2.24) is 0 Å². The summed E-state index contributed by atoms with van der Waals surface area (Å²) in [4.78, 5) is 0. The minimum atomic E-state index is -3.82. The SMILES string of the molecule is CCCCCCCCC=C[N+](C)(C)CCCS(=O)(=O)O. The van der Waals surface area contributed by atoms with Gasteiger partial charge in [-0.25, -0.2) is 0 Å². The first-order chi connectivity index (χ1) is 9.27. The van der Waals surface area contributed by atoms with Crippen LogP contribution in [0.1, 0.15) is 58.3 Å². The molecular formula is C15H32NO3S+. The van der Waals surface area contributed by atoms with Crippen molar-refractivity contribution >= 4 is 10.1 Å². The molecule has 0 saturated carbocycles. The first-order valence-corrected chi connectivity index (χ1v) is 9.33. The Labute approximate surface area is 125 Å². The van der Waals surface area contributed by atoms with Gasteiger partial charge in [0.05, 0.1) is 32.6 Å². The van der Waals surface area contributed by atoms with Crippen molar-refractivity contribution in [3.05, 3.63) is 12.3 Å². The molecule has 0 amide bonds. The van der Waals surface area contributed by atoms with Crippen LogP contribution in [0.3, 0.4) is 0 Å². The van der Waals surface area contributed by atoms with Crippen LogP contribution in [0.4, 0.5) is 0 Å². The smallest absolute Gasteiger partial charge is 0.265 e. The lowest BCUT2D eigenvalue weighted by molar-refractivity contribution is -0.838. The molecule has 0 saturated heterocycles. The van der Waals surface area contributed by atoms with Crippen molar-refractivity contribution in [1.29, 1.82) is 0 Å². The van der Waals surface area contributed by atoms with E-state index in [1.807, 2.05) is 14.1 Å². The highest BCUT2D eigenvalue weighted by atomic mass is 32.2. The minimum Gasteiger partial charge on any atom is -0.302 e. The van der Waals surface area contributed by atoms with E-state index in [0.717, 1.165) is 6.42 Å². The van der Waals surface area contributed by atoms with Crippen LogP contribution in [0.25, 0.3) is 0 Å². The zero-order valence-corrected chi connectivity index (χ0v) is 14.2. The summed E-state index contributed by atoms with van der Waals surface area (Å²) in [6, 6.07) is 0. The van der Waals surface area contributed by atoms with Gasteiger partial charge in [-0.1, -0.05) is 39.0 Å². The van der Waals surface area contributed by atoms with Crippen molar-refractivity contribution in [2.24, 2.45) is 0 Å². The highest BCUT2D eigenvalue weighted by Gasteiger charge is 2.13. The summed E-state index contributed by atoms with van der Waals surface area (Å²) < 4.78 is 30.7. The van der Waals surface area contributed by atoms with Crippen LogP contribution >= 0.6 is 0 Å². The molecule has 0 spiro atoms. The molecule has 5 heteroatoms. The number of quaternary nitrogens is 1. The Bertz CT molecular complexity index is 361. The van der Waals surface area contributed by atoms with Gasteiger partial charge >= 0.3 is 0 Å². The fourth-order valence-electron chi connectivity index (χ4n) is 2.13. The molecule has 0 aliphatic rings. The predicted molar refractivity (Wildman–Crippen MR) is 85.1 cm³/mol. The maximum absolute atomic E-state index is 10.7. The maximum atomic E-state index is 10.7. The second-order valence-electron chi connectivity index (χ2n) is 6.08. The summed E-state index contributed by atoms with van der Waals surface area (Å²) in [7, 11) is 0.266. The van der Waals surface area contributed by atoms with Gasteiger partial charge in [-0.2, -0.15) is 8.42 Å². The number of rotatable bonds is 12.